The van der Waals surface area contributed by atoms with Crippen molar-refractivity contribution in [3.8, 4) is 0 Å². The summed E-state index contributed by atoms with van der Waals surface area (Å²) >= 11 is 1.45. The van der Waals surface area contributed by atoms with Gasteiger partial charge in [0.05, 0.1) is 5.69 Å². The van der Waals surface area contributed by atoms with Gasteiger partial charge in [-0.05, 0) is 38.5 Å². The number of hydrogen-bond donors (Lipinski definition) is 1. The molecule has 3 rings (SSSR count). The maximum Gasteiger partial charge on any atom is 0.276 e. The van der Waals surface area contributed by atoms with Crippen molar-refractivity contribution in [1.82, 2.24) is 14.4 Å². The van der Waals surface area contributed by atoms with E-state index in [0.29, 0.717) is 16.5 Å². The lowest BCUT2D eigenvalue weighted by molar-refractivity contribution is 0.102. The molecule has 3 aromatic heterocycles. The summed E-state index contributed by atoms with van der Waals surface area (Å²) in [5.41, 5.74) is 3.15. The highest BCUT2D eigenvalue weighted by molar-refractivity contribution is 7.15. The molecule has 0 aliphatic carbocycles. The molecule has 3 aromatic rings. The Balaban J connectivity index is 2.01. The minimum atomic E-state index is -0.187. The first-order valence-corrected chi connectivity index (χ1v) is 7.05. The third-order valence-electron chi connectivity index (χ3n) is 3.01. The average Bonchev–Trinajstić information content (AvgIpc) is 2.91. The number of nitrogens with one attached hydrogen (secondary N) is 1. The number of imidazole rings is 1. The van der Waals surface area contributed by atoms with Gasteiger partial charge in [-0.3, -0.25) is 14.5 Å². The predicted octanol–water partition coefficient (Wildman–Crippen LogP) is 2.97. The number of anilines is 1. The summed E-state index contributed by atoms with van der Waals surface area (Å²) in [6.07, 6.45) is 3.61. The molecule has 0 aromatic carbocycles. The quantitative estimate of drug-likeness (QED) is 0.788. The molecule has 0 radical (unpaired) electrons. The molecule has 5 nitrogen and oxygen atoms in total. The van der Waals surface area contributed by atoms with E-state index < -0.39 is 0 Å². The molecule has 1 N–H and O–H groups in total. The Morgan fingerprint density at radius 1 is 1.35 bits per heavy atom. The number of hydrogen-bond acceptors (Lipinski definition) is 4. The first-order valence-electron chi connectivity index (χ1n) is 6.23. The van der Waals surface area contributed by atoms with Crippen LogP contribution in [-0.2, 0) is 0 Å². The van der Waals surface area contributed by atoms with Crippen LogP contribution in [0.2, 0.25) is 0 Å². The SMILES string of the molecule is Cc1ccn2c(C(=O)Nc3ncc(C)s3)c(C)nc2c1. The lowest BCUT2D eigenvalue weighted by Gasteiger charge is -2.03. The monoisotopic (exact) mass is 286 g/mol. The van der Waals surface area contributed by atoms with Crippen LogP contribution in [0.1, 0.15) is 26.6 Å². The number of aryl methyl sites for hydroxylation is 3. The fourth-order valence-electron chi connectivity index (χ4n) is 2.11. The first kappa shape index (κ1) is 12.8. The third-order valence-corrected chi connectivity index (χ3v) is 3.84. The number of fused-ring (bicyclic) bond motifs is 1. The van der Waals surface area contributed by atoms with Gasteiger partial charge < -0.3 is 0 Å². The van der Waals surface area contributed by atoms with Gasteiger partial charge >= 0.3 is 0 Å². The fraction of sp³-hybridized carbons (Fsp3) is 0.214. The average molecular weight is 286 g/mol. The summed E-state index contributed by atoms with van der Waals surface area (Å²) in [5.74, 6) is -0.187. The van der Waals surface area contributed by atoms with Crippen LogP contribution in [0, 0.1) is 20.8 Å². The van der Waals surface area contributed by atoms with Crippen LogP contribution in [0.3, 0.4) is 0 Å². The molecular formula is C14H14N4OS. The molecule has 0 aliphatic heterocycles. The van der Waals surface area contributed by atoms with Crippen molar-refractivity contribution >= 4 is 28.0 Å². The molecule has 6 heteroatoms. The van der Waals surface area contributed by atoms with E-state index >= 15 is 0 Å². The Hall–Kier alpha value is -2.21. The lowest BCUT2D eigenvalue weighted by atomic mass is 10.3. The summed E-state index contributed by atoms with van der Waals surface area (Å²) in [7, 11) is 0. The van der Waals surface area contributed by atoms with E-state index in [-0.39, 0.29) is 5.91 Å². The van der Waals surface area contributed by atoms with E-state index in [9.17, 15) is 4.79 Å². The van der Waals surface area contributed by atoms with E-state index in [1.807, 2.05) is 39.1 Å². The van der Waals surface area contributed by atoms with Crippen LogP contribution >= 0.6 is 11.3 Å². The molecule has 0 saturated heterocycles. The first-order chi connectivity index (χ1) is 9.54. The summed E-state index contributed by atoms with van der Waals surface area (Å²) in [6.45, 7) is 5.79. The summed E-state index contributed by atoms with van der Waals surface area (Å²) in [4.78, 5) is 22.0. The maximum atomic E-state index is 12.4. The van der Waals surface area contributed by atoms with Crippen LogP contribution in [0.5, 0.6) is 0 Å². The second-order valence-electron chi connectivity index (χ2n) is 4.71. The van der Waals surface area contributed by atoms with Crippen LogP contribution in [0.25, 0.3) is 5.65 Å². The van der Waals surface area contributed by atoms with Crippen molar-refractivity contribution in [2.75, 3.05) is 5.32 Å². The van der Waals surface area contributed by atoms with Gasteiger partial charge in [0.1, 0.15) is 11.3 Å². The van der Waals surface area contributed by atoms with Gasteiger partial charge in [0, 0.05) is 17.3 Å². The van der Waals surface area contributed by atoms with Crippen molar-refractivity contribution < 1.29 is 4.79 Å². The molecule has 0 fully saturated rings. The zero-order valence-corrected chi connectivity index (χ0v) is 12.3. The molecule has 0 aliphatic rings. The van der Waals surface area contributed by atoms with Gasteiger partial charge in [0.15, 0.2) is 5.13 Å². The summed E-state index contributed by atoms with van der Waals surface area (Å²) < 4.78 is 1.80. The molecular weight excluding hydrogens is 272 g/mol. The van der Waals surface area contributed by atoms with E-state index in [0.717, 1.165) is 16.1 Å². The van der Waals surface area contributed by atoms with Gasteiger partial charge in [0.25, 0.3) is 5.91 Å². The van der Waals surface area contributed by atoms with E-state index in [1.54, 1.807) is 10.6 Å². The zero-order valence-electron chi connectivity index (χ0n) is 11.5. The number of aromatic nitrogens is 3. The third kappa shape index (κ3) is 2.18. The van der Waals surface area contributed by atoms with Crippen LogP contribution < -0.4 is 5.32 Å². The molecule has 0 spiro atoms. The Kier molecular flexibility index (Phi) is 3.02. The number of amides is 1. The summed E-state index contributed by atoms with van der Waals surface area (Å²) in [5, 5.41) is 3.43. The van der Waals surface area contributed by atoms with E-state index in [2.05, 4.69) is 15.3 Å². The number of carbonyl (C=O) groups excluding carboxylic acids is 1. The summed E-state index contributed by atoms with van der Waals surface area (Å²) in [6, 6.07) is 3.91. The lowest BCUT2D eigenvalue weighted by Crippen LogP contribution is -2.15. The van der Waals surface area contributed by atoms with Crippen LogP contribution in [0.4, 0.5) is 5.13 Å². The highest BCUT2D eigenvalue weighted by Crippen LogP contribution is 2.19. The van der Waals surface area contributed by atoms with Crippen LogP contribution in [-0.4, -0.2) is 20.3 Å². The minimum absolute atomic E-state index is 0.187. The molecule has 20 heavy (non-hydrogen) atoms. The second kappa shape index (κ2) is 4.72. The van der Waals surface area contributed by atoms with Gasteiger partial charge in [-0.25, -0.2) is 9.97 Å². The number of carbonyl (C=O) groups is 1. The highest BCUT2D eigenvalue weighted by atomic mass is 32.1. The molecule has 0 atom stereocenters. The number of rotatable bonds is 2. The predicted molar refractivity (Wildman–Crippen MR) is 79.5 cm³/mol. The highest BCUT2D eigenvalue weighted by Gasteiger charge is 2.17. The van der Waals surface area contributed by atoms with E-state index in [4.69, 9.17) is 0 Å². The van der Waals surface area contributed by atoms with Crippen molar-refractivity contribution in [2.45, 2.75) is 20.8 Å². The van der Waals surface area contributed by atoms with Gasteiger partial charge in [0.2, 0.25) is 0 Å². The molecule has 0 saturated carbocycles. The topological polar surface area (TPSA) is 59.3 Å². The van der Waals surface area contributed by atoms with Gasteiger partial charge in [-0.15, -0.1) is 11.3 Å². The minimum Gasteiger partial charge on any atom is -0.296 e. The Bertz CT molecular complexity index is 803. The van der Waals surface area contributed by atoms with Crippen LogP contribution in [0.15, 0.2) is 24.5 Å². The number of nitrogens with zero attached hydrogens (tertiary/aromatic N) is 3. The zero-order chi connectivity index (χ0) is 14.3. The molecule has 0 bridgehead atoms. The van der Waals surface area contributed by atoms with Crippen molar-refractivity contribution in [1.29, 1.82) is 0 Å². The molecule has 102 valence electrons. The van der Waals surface area contributed by atoms with Crippen molar-refractivity contribution in [2.24, 2.45) is 0 Å². The fourth-order valence-corrected chi connectivity index (χ4v) is 2.77. The molecule has 1 amide bonds. The normalized spacial score (nSPS) is 10.9. The molecule has 3 heterocycles. The Morgan fingerprint density at radius 3 is 2.85 bits per heavy atom. The van der Waals surface area contributed by atoms with Gasteiger partial charge in [-0.1, -0.05) is 0 Å². The Morgan fingerprint density at radius 2 is 2.15 bits per heavy atom. The van der Waals surface area contributed by atoms with Crippen molar-refractivity contribution in [3.05, 3.63) is 46.4 Å². The largest absolute Gasteiger partial charge is 0.296 e. The van der Waals surface area contributed by atoms with Crippen molar-refractivity contribution in [3.63, 3.8) is 0 Å². The maximum absolute atomic E-state index is 12.4. The smallest absolute Gasteiger partial charge is 0.276 e. The second-order valence-corrected chi connectivity index (χ2v) is 5.94. The Labute approximate surface area is 120 Å². The molecule has 0 unspecified atom stereocenters. The van der Waals surface area contributed by atoms with E-state index in [1.165, 1.54) is 11.3 Å². The standard InChI is InChI=1S/C14H14N4OS/c1-8-4-5-18-11(6-8)16-10(3)12(18)13(19)17-14-15-7-9(2)20-14/h4-7H,1-3H3,(H,15,17,19). The number of thiazole rings is 1. The number of pyridine rings is 1. The van der Waals surface area contributed by atoms with Gasteiger partial charge in [-0.2, -0.15) is 0 Å².